The molecule has 1 saturated carbocycles. The van der Waals surface area contributed by atoms with Gasteiger partial charge in [-0.1, -0.05) is 30.9 Å². The van der Waals surface area contributed by atoms with E-state index in [2.05, 4.69) is 5.32 Å². The number of hydrogen-bond acceptors (Lipinski definition) is 3. The van der Waals surface area contributed by atoms with Crippen LogP contribution in [0, 0.1) is 0 Å². The number of carbonyl (C=O) groups is 2. The fraction of sp³-hybridized carbons (Fsp3) is 0.529. The van der Waals surface area contributed by atoms with E-state index in [0.29, 0.717) is 22.8 Å². The number of benzene rings is 1. The average Bonchev–Trinajstić information content (AvgIpc) is 2.54. The lowest BCUT2D eigenvalue weighted by atomic mass is 9.94. The second kappa shape index (κ2) is 9.87. The van der Waals surface area contributed by atoms with E-state index in [1.807, 2.05) is 7.05 Å². The molecule has 1 aliphatic rings. The van der Waals surface area contributed by atoms with E-state index in [9.17, 15) is 9.59 Å². The van der Waals surface area contributed by atoms with Gasteiger partial charge >= 0.3 is 0 Å². The summed E-state index contributed by atoms with van der Waals surface area (Å²) >= 11 is 6.24. The van der Waals surface area contributed by atoms with Crippen LogP contribution in [0.15, 0.2) is 18.2 Å². The predicted molar refractivity (Wildman–Crippen MR) is 100.0 cm³/mol. The van der Waals surface area contributed by atoms with Crippen LogP contribution in [-0.2, 0) is 4.79 Å². The Kier molecular flexibility index (Phi) is 8.53. The summed E-state index contributed by atoms with van der Waals surface area (Å²) in [4.78, 5) is 26.0. The maximum Gasteiger partial charge on any atom is 0.255 e. The van der Waals surface area contributed by atoms with Crippen LogP contribution in [0.1, 0.15) is 48.9 Å². The molecule has 0 saturated heterocycles. The molecule has 0 heterocycles. The van der Waals surface area contributed by atoms with Gasteiger partial charge in [-0.3, -0.25) is 9.59 Å². The molecule has 0 radical (unpaired) electrons. The quantitative estimate of drug-likeness (QED) is 0.829. The van der Waals surface area contributed by atoms with Crippen molar-refractivity contribution in [1.82, 2.24) is 4.90 Å². The fourth-order valence-electron chi connectivity index (χ4n) is 2.95. The number of rotatable bonds is 5. The van der Waals surface area contributed by atoms with Gasteiger partial charge in [0.05, 0.1) is 10.6 Å². The monoisotopic (exact) mass is 373 g/mol. The highest BCUT2D eigenvalue weighted by Crippen LogP contribution is 2.26. The van der Waals surface area contributed by atoms with Crippen LogP contribution in [0.3, 0.4) is 0 Å². The van der Waals surface area contributed by atoms with Crippen LogP contribution in [0.25, 0.3) is 0 Å². The van der Waals surface area contributed by atoms with Crippen molar-refractivity contribution in [3.63, 3.8) is 0 Å². The van der Waals surface area contributed by atoms with Gasteiger partial charge < -0.3 is 16.0 Å². The molecule has 0 atom stereocenters. The van der Waals surface area contributed by atoms with Crippen molar-refractivity contribution in [2.45, 2.75) is 44.6 Å². The number of nitrogens with two attached hydrogens (primary N) is 1. The number of nitrogens with one attached hydrogen (secondary N) is 1. The third kappa shape index (κ3) is 5.36. The number of hydrogen-bond donors (Lipinski definition) is 2. The van der Waals surface area contributed by atoms with E-state index < -0.39 is 0 Å². The molecule has 5 nitrogen and oxygen atoms in total. The summed E-state index contributed by atoms with van der Waals surface area (Å²) < 4.78 is 0. The van der Waals surface area contributed by atoms with Crippen molar-refractivity contribution in [3.05, 3.63) is 28.8 Å². The number of carbonyl (C=O) groups excluding carboxylic acids is 2. The Bertz CT molecular complexity index is 575. The number of halogens is 2. The van der Waals surface area contributed by atoms with Crippen LogP contribution in [0.5, 0.6) is 0 Å². The van der Waals surface area contributed by atoms with E-state index in [1.165, 1.54) is 19.3 Å². The van der Waals surface area contributed by atoms with Crippen LogP contribution in [-0.4, -0.2) is 36.3 Å². The van der Waals surface area contributed by atoms with Crippen LogP contribution >= 0.6 is 24.0 Å². The first kappa shape index (κ1) is 20.7. The lowest BCUT2D eigenvalue weighted by Gasteiger charge is -2.31. The summed E-state index contributed by atoms with van der Waals surface area (Å²) in [6.45, 7) is 0.294. The summed E-state index contributed by atoms with van der Waals surface area (Å²) in [5, 5.41) is 3.06. The zero-order valence-electron chi connectivity index (χ0n) is 13.9. The highest BCUT2D eigenvalue weighted by atomic mass is 35.5. The first-order chi connectivity index (χ1) is 11.0. The van der Waals surface area contributed by atoms with Gasteiger partial charge in [0, 0.05) is 31.7 Å². The standard InChI is InChI=1S/C17H24ClN3O2.ClH/c1-21(13-5-3-2-4-6-13)17(23)14-8-7-12(11-15(14)18)20-16(22)9-10-19;/h7-8,11,13H,2-6,9-10,19H2,1H3,(H,20,22);1H. The van der Waals surface area contributed by atoms with Gasteiger partial charge in [-0.15, -0.1) is 12.4 Å². The van der Waals surface area contributed by atoms with Gasteiger partial charge in [0.2, 0.25) is 5.91 Å². The molecule has 0 bridgehead atoms. The summed E-state index contributed by atoms with van der Waals surface area (Å²) in [7, 11) is 1.84. The largest absolute Gasteiger partial charge is 0.339 e. The molecule has 134 valence electrons. The maximum absolute atomic E-state index is 12.6. The second-order valence-electron chi connectivity index (χ2n) is 5.99. The average molecular weight is 374 g/mol. The highest BCUT2D eigenvalue weighted by molar-refractivity contribution is 6.34. The molecular weight excluding hydrogens is 349 g/mol. The van der Waals surface area contributed by atoms with Gasteiger partial charge in [-0.05, 0) is 31.0 Å². The van der Waals surface area contributed by atoms with E-state index in [1.54, 1.807) is 23.1 Å². The molecule has 0 aliphatic heterocycles. The molecule has 24 heavy (non-hydrogen) atoms. The molecule has 3 N–H and O–H groups in total. The fourth-order valence-corrected chi connectivity index (χ4v) is 3.21. The Morgan fingerprint density at radius 1 is 1.29 bits per heavy atom. The summed E-state index contributed by atoms with van der Waals surface area (Å²) in [5.74, 6) is -0.233. The van der Waals surface area contributed by atoms with Gasteiger partial charge in [0.1, 0.15) is 0 Å². The van der Waals surface area contributed by atoms with Crippen LogP contribution in [0.4, 0.5) is 5.69 Å². The zero-order chi connectivity index (χ0) is 16.8. The lowest BCUT2D eigenvalue weighted by Crippen LogP contribution is -2.38. The predicted octanol–water partition coefficient (Wildman–Crippen LogP) is 3.45. The topological polar surface area (TPSA) is 75.4 Å². The van der Waals surface area contributed by atoms with Crippen molar-refractivity contribution < 1.29 is 9.59 Å². The second-order valence-corrected chi connectivity index (χ2v) is 6.40. The van der Waals surface area contributed by atoms with Crippen molar-refractivity contribution in [3.8, 4) is 0 Å². The van der Waals surface area contributed by atoms with Gasteiger partial charge in [0.15, 0.2) is 0 Å². The minimum Gasteiger partial charge on any atom is -0.339 e. The van der Waals surface area contributed by atoms with Crippen molar-refractivity contribution in [2.75, 3.05) is 18.9 Å². The molecular formula is C17H25Cl2N3O2. The molecule has 1 aromatic rings. The molecule has 2 rings (SSSR count). The van der Waals surface area contributed by atoms with Crippen molar-refractivity contribution in [1.29, 1.82) is 0 Å². The van der Waals surface area contributed by atoms with Crippen LogP contribution < -0.4 is 11.1 Å². The first-order valence-corrected chi connectivity index (χ1v) is 8.47. The third-order valence-corrected chi connectivity index (χ3v) is 4.61. The Labute approximate surface area is 154 Å². The Morgan fingerprint density at radius 2 is 1.96 bits per heavy atom. The maximum atomic E-state index is 12.6. The van der Waals surface area contributed by atoms with E-state index in [4.69, 9.17) is 17.3 Å². The van der Waals surface area contributed by atoms with Gasteiger partial charge in [-0.25, -0.2) is 0 Å². The Hall–Kier alpha value is -1.30. The van der Waals surface area contributed by atoms with E-state index in [0.717, 1.165) is 12.8 Å². The number of nitrogens with zero attached hydrogens (tertiary/aromatic N) is 1. The molecule has 0 spiro atoms. The minimum atomic E-state index is -0.165. The lowest BCUT2D eigenvalue weighted by molar-refractivity contribution is -0.116. The smallest absolute Gasteiger partial charge is 0.255 e. The van der Waals surface area contributed by atoms with Gasteiger partial charge in [-0.2, -0.15) is 0 Å². The van der Waals surface area contributed by atoms with E-state index >= 15 is 0 Å². The number of anilines is 1. The molecule has 1 fully saturated rings. The Morgan fingerprint density at radius 3 is 2.54 bits per heavy atom. The third-order valence-electron chi connectivity index (χ3n) is 4.30. The summed E-state index contributed by atoms with van der Waals surface area (Å²) in [5.41, 5.74) is 6.39. The van der Waals surface area contributed by atoms with Crippen molar-refractivity contribution >= 4 is 41.5 Å². The zero-order valence-corrected chi connectivity index (χ0v) is 15.5. The first-order valence-electron chi connectivity index (χ1n) is 8.09. The normalized spacial score (nSPS) is 14.6. The molecule has 2 amide bonds. The SMILES string of the molecule is CN(C(=O)c1ccc(NC(=O)CCN)cc1Cl)C1CCCCC1.Cl. The highest BCUT2D eigenvalue weighted by Gasteiger charge is 2.24. The van der Waals surface area contributed by atoms with E-state index in [-0.39, 0.29) is 36.7 Å². The minimum absolute atomic E-state index is 0. The summed E-state index contributed by atoms with van der Waals surface area (Å²) in [6, 6.07) is 5.26. The molecule has 1 aliphatic carbocycles. The molecule has 0 unspecified atom stereocenters. The molecule has 7 heteroatoms. The van der Waals surface area contributed by atoms with Crippen molar-refractivity contribution in [2.24, 2.45) is 5.73 Å². The molecule has 0 aromatic heterocycles. The van der Waals surface area contributed by atoms with Gasteiger partial charge in [0.25, 0.3) is 5.91 Å². The molecule has 1 aromatic carbocycles. The summed E-state index contributed by atoms with van der Waals surface area (Å²) in [6.07, 6.45) is 5.93. The number of amides is 2. The Balaban J connectivity index is 0.00000288. The van der Waals surface area contributed by atoms with Crippen LogP contribution in [0.2, 0.25) is 5.02 Å².